The molecule has 2 rings (SSSR count). The molecule has 0 aliphatic heterocycles. The summed E-state index contributed by atoms with van der Waals surface area (Å²) in [5.74, 6) is -0.305. The maximum Gasteiger partial charge on any atom is 0.264 e. The van der Waals surface area contributed by atoms with Crippen LogP contribution in [-0.2, 0) is 4.79 Å². The zero-order valence-electron chi connectivity index (χ0n) is 10.6. The third-order valence-corrected chi connectivity index (χ3v) is 3.54. The summed E-state index contributed by atoms with van der Waals surface area (Å²) >= 11 is 6.73. The molecule has 0 aliphatic rings. The van der Waals surface area contributed by atoms with Crippen molar-refractivity contribution in [2.75, 3.05) is 0 Å². The van der Waals surface area contributed by atoms with E-state index in [2.05, 4.69) is 15.6 Å². The molecule has 20 heavy (non-hydrogen) atoms. The van der Waals surface area contributed by atoms with Crippen molar-refractivity contribution in [3.8, 4) is 0 Å². The second-order valence-corrected chi connectivity index (χ2v) is 5.44. The van der Waals surface area contributed by atoms with Crippen LogP contribution in [0.3, 0.4) is 0 Å². The molecule has 0 saturated heterocycles. The molecule has 8 heteroatoms. The zero-order valence-corrected chi connectivity index (χ0v) is 12.2. The molecule has 1 amide bonds. The summed E-state index contributed by atoms with van der Waals surface area (Å²) < 4.78 is 14.2. The van der Waals surface area contributed by atoms with Gasteiger partial charge in [0.1, 0.15) is 6.04 Å². The Labute approximate surface area is 124 Å². The second kappa shape index (κ2) is 6.62. The summed E-state index contributed by atoms with van der Waals surface area (Å²) in [5, 5.41) is 7.97. The van der Waals surface area contributed by atoms with Gasteiger partial charge in [0.15, 0.2) is 5.13 Å². The normalized spacial score (nSPS) is 12.8. The lowest BCUT2D eigenvalue weighted by Gasteiger charge is -2.12. The number of aromatic nitrogens is 2. The van der Waals surface area contributed by atoms with Crippen LogP contribution in [0.25, 0.3) is 0 Å². The Morgan fingerprint density at radius 3 is 3.05 bits per heavy atom. The number of nitrogens with zero attached hydrogens (tertiary/aromatic N) is 3. The van der Waals surface area contributed by atoms with E-state index in [9.17, 15) is 9.18 Å². The second-order valence-electron chi connectivity index (χ2n) is 3.94. The Bertz CT molecular complexity index is 625. The molecule has 2 heterocycles. The number of thiophene rings is 1. The van der Waals surface area contributed by atoms with Gasteiger partial charge in [-0.2, -0.15) is 14.6 Å². The van der Waals surface area contributed by atoms with E-state index >= 15 is 0 Å². The van der Waals surface area contributed by atoms with Gasteiger partial charge in [-0.3, -0.25) is 9.48 Å². The van der Waals surface area contributed by atoms with Crippen LogP contribution in [0.15, 0.2) is 29.6 Å². The highest BCUT2D eigenvalue weighted by atomic mass is 35.5. The minimum Gasteiger partial charge on any atom is -0.271 e. The van der Waals surface area contributed by atoms with Crippen molar-refractivity contribution in [1.82, 2.24) is 15.2 Å². The third kappa shape index (κ3) is 3.64. The van der Waals surface area contributed by atoms with Gasteiger partial charge in [-0.1, -0.05) is 18.5 Å². The van der Waals surface area contributed by atoms with Crippen molar-refractivity contribution in [2.24, 2.45) is 5.10 Å². The quantitative estimate of drug-likeness (QED) is 0.681. The zero-order chi connectivity index (χ0) is 14.5. The molecule has 5 nitrogen and oxygen atoms in total. The van der Waals surface area contributed by atoms with Gasteiger partial charge in [-0.25, -0.2) is 5.43 Å². The molecule has 2 aromatic rings. The molecule has 0 radical (unpaired) electrons. The van der Waals surface area contributed by atoms with Crippen molar-refractivity contribution in [2.45, 2.75) is 19.4 Å². The van der Waals surface area contributed by atoms with Crippen LogP contribution < -0.4 is 5.43 Å². The van der Waals surface area contributed by atoms with E-state index in [-0.39, 0.29) is 11.0 Å². The molecule has 0 aromatic carbocycles. The molecule has 0 saturated carbocycles. The maximum atomic E-state index is 12.8. The highest BCUT2D eigenvalue weighted by Crippen LogP contribution is 2.14. The maximum absolute atomic E-state index is 12.8. The van der Waals surface area contributed by atoms with Crippen molar-refractivity contribution < 1.29 is 9.18 Å². The van der Waals surface area contributed by atoms with E-state index in [1.807, 2.05) is 6.92 Å². The number of amides is 1. The molecule has 1 atom stereocenters. The van der Waals surface area contributed by atoms with E-state index in [0.29, 0.717) is 16.3 Å². The SMILES string of the molecule is CC[C@H](C(=O)N/N=C\c1ccc(F)s1)n1cc(Cl)cn1. The first kappa shape index (κ1) is 14.7. The summed E-state index contributed by atoms with van der Waals surface area (Å²) in [7, 11) is 0. The Kier molecular flexibility index (Phi) is 4.86. The molecule has 2 aromatic heterocycles. The molecule has 1 N–H and O–H groups in total. The highest BCUT2D eigenvalue weighted by molar-refractivity contribution is 7.12. The largest absolute Gasteiger partial charge is 0.271 e. The number of hydrazone groups is 1. The number of rotatable bonds is 5. The lowest BCUT2D eigenvalue weighted by molar-refractivity contribution is -0.124. The van der Waals surface area contributed by atoms with E-state index in [1.165, 1.54) is 23.2 Å². The van der Waals surface area contributed by atoms with Crippen molar-refractivity contribution in [1.29, 1.82) is 0 Å². The van der Waals surface area contributed by atoms with Crippen LogP contribution >= 0.6 is 22.9 Å². The summed E-state index contributed by atoms with van der Waals surface area (Å²) in [5.41, 5.74) is 2.41. The summed E-state index contributed by atoms with van der Waals surface area (Å²) in [6.07, 6.45) is 4.99. The van der Waals surface area contributed by atoms with Crippen molar-refractivity contribution >= 4 is 35.1 Å². The van der Waals surface area contributed by atoms with Gasteiger partial charge >= 0.3 is 0 Å². The van der Waals surface area contributed by atoms with Crippen LogP contribution in [0.5, 0.6) is 0 Å². The van der Waals surface area contributed by atoms with E-state index in [4.69, 9.17) is 11.6 Å². The molecule has 106 valence electrons. The smallest absolute Gasteiger partial charge is 0.264 e. The van der Waals surface area contributed by atoms with Gasteiger partial charge in [0.2, 0.25) is 0 Å². The molecule has 0 fully saturated rings. The average molecular weight is 315 g/mol. The molecular formula is C12H12ClFN4OS. The lowest BCUT2D eigenvalue weighted by atomic mass is 10.2. The number of halogens is 2. The van der Waals surface area contributed by atoms with E-state index < -0.39 is 6.04 Å². The summed E-state index contributed by atoms with van der Waals surface area (Å²) in [6, 6.07) is 2.44. The van der Waals surface area contributed by atoms with Gasteiger partial charge in [0, 0.05) is 6.20 Å². The first-order chi connectivity index (χ1) is 9.60. The van der Waals surface area contributed by atoms with E-state index in [0.717, 1.165) is 11.3 Å². The van der Waals surface area contributed by atoms with Crippen LogP contribution in [0.4, 0.5) is 4.39 Å². The number of carbonyl (C=O) groups is 1. The summed E-state index contributed by atoms with van der Waals surface area (Å²) in [6.45, 7) is 1.86. The van der Waals surface area contributed by atoms with Gasteiger partial charge in [-0.05, 0) is 18.6 Å². The summed E-state index contributed by atoms with van der Waals surface area (Å²) in [4.78, 5) is 12.6. The van der Waals surface area contributed by atoms with Crippen LogP contribution in [-0.4, -0.2) is 21.9 Å². The van der Waals surface area contributed by atoms with Gasteiger partial charge in [0.25, 0.3) is 5.91 Å². The topological polar surface area (TPSA) is 59.3 Å². The third-order valence-electron chi connectivity index (χ3n) is 2.54. The Morgan fingerprint density at radius 1 is 1.70 bits per heavy atom. The van der Waals surface area contributed by atoms with Crippen LogP contribution in [0.1, 0.15) is 24.3 Å². The van der Waals surface area contributed by atoms with Gasteiger partial charge in [0.05, 0.1) is 22.3 Å². The van der Waals surface area contributed by atoms with Gasteiger partial charge in [-0.15, -0.1) is 11.3 Å². The van der Waals surface area contributed by atoms with Crippen molar-refractivity contribution in [3.05, 3.63) is 39.6 Å². The molecule has 0 spiro atoms. The Balaban J connectivity index is 1.98. The first-order valence-electron chi connectivity index (χ1n) is 5.88. The molecule has 0 unspecified atom stereocenters. The molecular weight excluding hydrogens is 303 g/mol. The monoisotopic (exact) mass is 314 g/mol. The fourth-order valence-electron chi connectivity index (χ4n) is 1.61. The van der Waals surface area contributed by atoms with Crippen LogP contribution in [0, 0.1) is 5.13 Å². The van der Waals surface area contributed by atoms with Gasteiger partial charge < -0.3 is 0 Å². The standard InChI is InChI=1S/C12H12ClFN4OS/c1-2-10(18-7-8(13)5-16-18)12(19)17-15-6-9-3-4-11(14)20-9/h3-7,10H,2H2,1H3,(H,17,19)/b15-6-/t10-/m1/s1. The predicted molar refractivity (Wildman–Crippen MR) is 76.6 cm³/mol. The first-order valence-corrected chi connectivity index (χ1v) is 7.07. The number of hydrogen-bond donors (Lipinski definition) is 1. The predicted octanol–water partition coefficient (Wildman–Crippen LogP) is 2.84. The van der Waals surface area contributed by atoms with Crippen molar-refractivity contribution in [3.63, 3.8) is 0 Å². The fraction of sp³-hybridized carbons (Fsp3) is 0.250. The average Bonchev–Trinajstić information content (AvgIpc) is 3.00. The Hall–Kier alpha value is -1.73. The number of nitrogens with one attached hydrogen (secondary N) is 1. The minimum atomic E-state index is -0.486. The highest BCUT2D eigenvalue weighted by Gasteiger charge is 2.18. The van der Waals surface area contributed by atoms with E-state index in [1.54, 1.807) is 12.3 Å². The minimum absolute atomic E-state index is 0.296. The number of hydrogen-bond acceptors (Lipinski definition) is 4. The molecule has 0 bridgehead atoms. The lowest BCUT2D eigenvalue weighted by Crippen LogP contribution is -2.29. The van der Waals surface area contributed by atoms with Crippen LogP contribution in [0.2, 0.25) is 5.02 Å². The molecule has 0 aliphatic carbocycles. The fourth-order valence-corrected chi connectivity index (χ4v) is 2.36. The number of carbonyl (C=O) groups excluding carboxylic acids is 1. The Morgan fingerprint density at radius 2 is 2.50 bits per heavy atom.